The van der Waals surface area contributed by atoms with Crippen molar-refractivity contribution in [1.29, 1.82) is 0 Å². The molecule has 2 N–H and O–H groups in total. The van der Waals surface area contributed by atoms with E-state index in [0.717, 1.165) is 17.5 Å². The summed E-state index contributed by atoms with van der Waals surface area (Å²) in [5, 5.41) is 12.5. The number of benzene rings is 2. The first kappa shape index (κ1) is 21.5. The van der Waals surface area contributed by atoms with Gasteiger partial charge in [-0.25, -0.2) is 4.39 Å². The third-order valence-electron chi connectivity index (χ3n) is 4.77. The third-order valence-corrected chi connectivity index (χ3v) is 4.77. The highest BCUT2D eigenvalue weighted by Crippen LogP contribution is 2.29. The van der Waals surface area contributed by atoms with Crippen molar-refractivity contribution in [2.75, 3.05) is 6.61 Å². The second-order valence-electron chi connectivity index (χ2n) is 7.02. The molecule has 0 saturated carbocycles. The van der Waals surface area contributed by atoms with E-state index in [1.54, 1.807) is 49.6 Å². The van der Waals surface area contributed by atoms with Crippen LogP contribution in [0.25, 0.3) is 11.1 Å². The van der Waals surface area contributed by atoms with Gasteiger partial charge in [0.1, 0.15) is 11.6 Å². The minimum atomic E-state index is -0.321. The summed E-state index contributed by atoms with van der Waals surface area (Å²) in [6, 6.07) is 11.9. The Hall–Kier alpha value is -3.25. The topological polar surface area (TPSA) is 71.5 Å². The predicted octanol–water partition coefficient (Wildman–Crippen LogP) is 4.41. The molecule has 156 valence electrons. The van der Waals surface area contributed by atoms with Crippen LogP contribution in [0, 0.1) is 12.7 Å². The number of aromatic nitrogens is 1. The number of amides is 1. The number of ether oxygens (including phenoxy) is 1. The highest BCUT2D eigenvalue weighted by Gasteiger charge is 2.16. The molecule has 0 unspecified atom stereocenters. The molecule has 1 amide bonds. The monoisotopic (exact) mass is 408 g/mol. The van der Waals surface area contributed by atoms with Gasteiger partial charge in [0.15, 0.2) is 0 Å². The summed E-state index contributed by atoms with van der Waals surface area (Å²) in [5.41, 5.74) is 3.83. The minimum absolute atomic E-state index is 0.132. The molecule has 0 aliphatic carbocycles. The van der Waals surface area contributed by atoms with Crippen molar-refractivity contribution < 1.29 is 19.0 Å². The lowest BCUT2D eigenvalue weighted by atomic mass is 9.99. The Bertz CT molecular complexity index is 1040. The third kappa shape index (κ3) is 5.02. The fraction of sp³-hybridized carbons (Fsp3) is 0.250. The maximum absolute atomic E-state index is 13.8. The zero-order valence-electron chi connectivity index (χ0n) is 17.1. The average Bonchev–Trinajstić information content (AvgIpc) is 2.78. The Labute approximate surface area is 175 Å². The van der Waals surface area contributed by atoms with Crippen LogP contribution in [0.2, 0.25) is 0 Å². The Morgan fingerprint density at radius 1 is 1.20 bits per heavy atom. The van der Waals surface area contributed by atoms with E-state index in [1.165, 1.54) is 6.07 Å². The molecule has 0 fully saturated rings. The Morgan fingerprint density at radius 2 is 2.03 bits per heavy atom. The number of aliphatic hydroxyl groups excluding tert-OH is 1. The highest BCUT2D eigenvalue weighted by molar-refractivity contribution is 5.98. The molecule has 0 aliphatic rings. The van der Waals surface area contributed by atoms with Gasteiger partial charge in [-0.2, -0.15) is 0 Å². The van der Waals surface area contributed by atoms with Gasteiger partial charge in [-0.15, -0.1) is 0 Å². The fourth-order valence-corrected chi connectivity index (χ4v) is 3.06. The van der Waals surface area contributed by atoms with Crippen LogP contribution in [-0.2, 0) is 13.2 Å². The molecule has 0 aliphatic heterocycles. The maximum atomic E-state index is 13.8. The molecule has 0 saturated heterocycles. The number of nitrogens with zero attached hydrogens (tertiary/aromatic N) is 1. The van der Waals surface area contributed by atoms with E-state index in [0.29, 0.717) is 34.6 Å². The molecular formula is C24H25FN2O3. The van der Waals surface area contributed by atoms with E-state index in [-0.39, 0.29) is 24.9 Å². The molecule has 1 aromatic heterocycles. The van der Waals surface area contributed by atoms with Gasteiger partial charge in [-0.05, 0) is 59.9 Å². The van der Waals surface area contributed by atoms with Crippen molar-refractivity contribution in [3.05, 3.63) is 82.9 Å². The molecule has 5 nitrogen and oxygen atoms in total. The number of carbonyl (C=O) groups is 1. The van der Waals surface area contributed by atoms with Crippen LogP contribution < -0.4 is 10.1 Å². The summed E-state index contributed by atoms with van der Waals surface area (Å²) in [4.78, 5) is 17.1. The minimum Gasteiger partial charge on any atom is -0.493 e. The molecule has 6 heteroatoms. The van der Waals surface area contributed by atoms with Gasteiger partial charge in [0, 0.05) is 24.5 Å². The lowest BCUT2D eigenvalue weighted by Crippen LogP contribution is -2.23. The summed E-state index contributed by atoms with van der Waals surface area (Å²) < 4.78 is 19.5. The van der Waals surface area contributed by atoms with Crippen LogP contribution in [0.5, 0.6) is 5.75 Å². The Kier molecular flexibility index (Phi) is 7.14. The first-order valence-electron chi connectivity index (χ1n) is 9.87. The molecule has 0 radical (unpaired) electrons. The van der Waals surface area contributed by atoms with Crippen LogP contribution >= 0.6 is 0 Å². The predicted molar refractivity (Wildman–Crippen MR) is 114 cm³/mol. The van der Waals surface area contributed by atoms with Crippen molar-refractivity contribution in [1.82, 2.24) is 10.3 Å². The fourth-order valence-electron chi connectivity index (χ4n) is 3.06. The van der Waals surface area contributed by atoms with Gasteiger partial charge >= 0.3 is 0 Å². The van der Waals surface area contributed by atoms with E-state index in [2.05, 4.69) is 10.3 Å². The van der Waals surface area contributed by atoms with E-state index in [4.69, 9.17) is 4.74 Å². The van der Waals surface area contributed by atoms with Gasteiger partial charge in [-0.3, -0.25) is 9.78 Å². The molecule has 0 bridgehead atoms. The summed E-state index contributed by atoms with van der Waals surface area (Å²) in [5.74, 6) is -0.148. The number of carbonyl (C=O) groups excluding carboxylic acids is 1. The first-order valence-corrected chi connectivity index (χ1v) is 9.87. The van der Waals surface area contributed by atoms with Crippen LogP contribution in [0.1, 0.15) is 40.4 Å². The van der Waals surface area contributed by atoms with E-state index in [9.17, 15) is 14.3 Å². The van der Waals surface area contributed by atoms with E-state index >= 15 is 0 Å². The summed E-state index contributed by atoms with van der Waals surface area (Å²) >= 11 is 0. The second kappa shape index (κ2) is 9.98. The number of nitrogens with one attached hydrogen (secondary N) is 1. The summed E-state index contributed by atoms with van der Waals surface area (Å²) in [6.07, 6.45) is 4.08. The van der Waals surface area contributed by atoms with Gasteiger partial charge in [0.2, 0.25) is 0 Å². The summed E-state index contributed by atoms with van der Waals surface area (Å²) in [7, 11) is 0. The van der Waals surface area contributed by atoms with Gasteiger partial charge in [-0.1, -0.05) is 25.1 Å². The molecule has 0 spiro atoms. The highest BCUT2D eigenvalue weighted by atomic mass is 19.1. The zero-order chi connectivity index (χ0) is 21.5. The van der Waals surface area contributed by atoms with Crippen LogP contribution in [-0.4, -0.2) is 22.6 Å². The van der Waals surface area contributed by atoms with Crippen molar-refractivity contribution in [2.24, 2.45) is 0 Å². The average molecular weight is 408 g/mol. The number of pyridine rings is 1. The Balaban J connectivity index is 1.89. The maximum Gasteiger partial charge on any atom is 0.255 e. The number of rotatable bonds is 8. The quantitative estimate of drug-likeness (QED) is 0.579. The van der Waals surface area contributed by atoms with Crippen molar-refractivity contribution in [3.8, 4) is 16.9 Å². The largest absolute Gasteiger partial charge is 0.493 e. The Morgan fingerprint density at radius 3 is 2.77 bits per heavy atom. The van der Waals surface area contributed by atoms with Crippen LogP contribution in [0.4, 0.5) is 4.39 Å². The first-order chi connectivity index (χ1) is 14.5. The van der Waals surface area contributed by atoms with E-state index < -0.39 is 0 Å². The van der Waals surface area contributed by atoms with Crippen molar-refractivity contribution in [2.45, 2.75) is 33.4 Å². The second-order valence-corrected chi connectivity index (χ2v) is 7.02. The number of hydrogen-bond acceptors (Lipinski definition) is 4. The zero-order valence-corrected chi connectivity index (χ0v) is 17.1. The van der Waals surface area contributed by atoms with Crippen molar-refractivity contribution >= 4 is 5.91 Å². The molecule has 0 atom stereocenters. The van der Waals surface area contributed by atoms with Crippen LogP contribution in [0.3, 0.4) is 0 Å². The number of aryl methyl sites for hydroxylation is 1. The number of halogens is 1. The molecule has 3 aromatic rings. The molecular weight excluding hydrogens is 383 g/mol. The number of hydrogen-bond donors (Lipinski definition) is 2. The van der Waals surface area contributed by atoms with Gasteiger partial charge < -0.3 is 15.2 Å². The van der Waals surface area contributed by atoms with Gasteiger partial charge in [0.05, 0.1) is 18.8 Å². The number of aliphatic hydroxyl groups is 1. The van der Waals surface area contributed by atoms with Gasteiger partial charge in [0.25, 0.3) is 5.91 Å². The summed E-state index contributed by atoms with van der Waals surface area (Å²) in [6.45, 7) is 4.23. The standard InChI is InChI=1S/C24H25FN2O3/c1-3-10-30-23-7-6-18(21-14-26-9-8-19(21)15-28)12-20(23)24(29)27-13-17-5-4-16(2)22(25)11-17/h4-9,11-12,14,28H,3,10,13,15H2,1-2H3,(H,27,29). The van der Waals surface area contributed by atoms with E-state index in [1.807, 2.05) is 13.0 Å². The molecule has 1 heterocycles. The normalized spacial score (nSPS) is 10.7. The SMILES string of the molecule is CCCOc1ccc(-c2cnccc2CO)cc1C(=O)NCc1ccc(C)c(F)c1. The van der Waals surface area contributed by atoms with Crippen LogP contribution in [0.15, 0.2) is 54.9 Å². The molecule has 30 heavy (non-hydrogen) atoms. The smallest absolute Gasteiger partial charge is 0.255 e. The lowest BCUT2D eigenvalue weighted by molar-refractivity contribution is 0.0946. The molecule has 3 rings (SSSR count). The van der Waals surface area contributed by atoms with Crippen molar-refractivity contribution in [3.63, 3.8) is 0 Å². The molecule has 2 aromatic carbocycles. The lowest BCUT2D eigenvalue weighted by Gasteiger charge is -2.14.